The predicted molar refractivity (Wildman–Crippen MR) is 224 cm³/mol. The maximum Gasteiger partial charge on any atom is 0.0731 e. The molecule has 0 saturated heterocycles. The molecule has 0 radical (unpaired) electrons. The summed E-state index contributed by atoms with van der Waals surface area (Å²) in [6, 6.07) is 73.0. The van der Waals surface area contributed by atoms with Crippen LogP contribution in [-0.2, 0) is 5.41 Å². The molecular formula is C53H32. The van der Waals surface area contributed by atoms with Crippen molar-refractivity contribution < 1.29 is 0 Å². The van der Waals surface area contributed by atoms with Crippen LogP contribution in [0.25, 0.3) is 87.6 Å². The summed E-state index contributed by atoms with van der Waals surface area (Å²) in [6.07, 6.45) is 0. The topological polar surface area (TPSA) is 0 Å². The maximum absolute atomic E-state index is 2.56. The van der Waals surface area contributed by atoms with E-state index in [4.69, 9.17) is 0 Å². The standard InChI is InChI=1S/C53H32/c1-2-14-33(15-3-1)45-30-35-17-6-9-21-40(35)51-44-29-27-37(32-49(44)53(52(45)51)47-24-12-10-22-41(47)42-23-11-13-25-48(42)53)50-39-20-8-5-18-36(39)31-46-38-19-7-4-16-34(38)26-28-43(46)50/h1-32H. The van der Waals surface area contributed by atoms with Gasteiger partial charge < -0.3 is 0 Å². The summed E-state index contributed by atoms with van der Waals surface area (Å²) in [5, 5.41) is 10.3. The Morgan fingerprint density at radius 3 is 1.58 bits per heavy atom. The van der Waals surface area contributed by atoms with Crippen LogP contribution in [0, 0.1) is 0 Å². The van der Waals surface area contributed by atoms with Crippen LogP contribution < -0.4 is 0 Å². The lowest BCUT2D eigenvalue weighted by Gasteiger charge is -2.33. The first-order chi connectivity index (χ1) is 26.3. The zero-order chi connectivity index (χ0) is 34.7. The minimum Gasteiger partial charge on any atom is -0.0622 e. The fourth-order valence-corrected chi connectivity index (χ4v) is 10.2. The SMILES string of the molecule is c1ccc(-c2cc3ccccc3c3c2C2(c4ccccc4-c4ccccc42)c2cc(-c4c5ccccc5cc5c4ccc4ccccc45)ccc2-3)cc1. The molecule has 10 aromatic rings. The van der Waals surface area contributed by atoms with E-state index in [0.717, 1.165) is 0 Å². The summed E-state index contributed by atoms with van der Waals surface area (Å²) in [6.45, 7) is 0. The van der Waals surface area contributed by atoms with Crippen LogP contribution in [0.5, 0.6) is 0 Å². The van der Waals surface area contributed by atoms with Crippen molar-refractivity contribution in [3.8, 4) is 44.5 Å². The second-order valence-corrected chi connectivity index (χ2v) is 14.7. The van der Waals surface area contributed by atoms with Crippen LogP contribution in [0.2, 0.25) is 0 Å². The molecule has 0 bridgehead atoms. The lowest BCUT2D eigenvalue weighted by atomic mass is 9.68. The number of hydrogen-bond donors (Lipinski definition) is 0. The Kier molecular flexibility index (Phi) is 5.80. The second kappa shape index (κ2) is 10.6. The average Bonchev–Trinajstić information content (AvgIpc) is 3.70. The van der Waals surface area contributed by atoms with Crippen molar-refractivity contribution in [2.75, 3.05) is 0 Å². The van der Waals surface area contributed by atoms with Gasteiger partial charge in [-0.2, -0.15) is 0 Å². The lowest BCUT2D eigenvalue weighted by Crippen LogP contribution is -2.26. The summed E-state index contributed by atoms with van der Waals surface area (Å²) >= 11 is 0. The van der Waals surface area contributed by atoms with Gasteiger partial charge in [-0.25, -0.2) is 0 Å². The van der Waals surface area contributed by atoms with Crippen molar-refractivity contribution in [1.82, 2.24) is 0 Å². The van der Waals surface area contributed by atoms with E-state index < -0.39 is 5.41 Å². The Bertz CT molecular complexity index is 3120. The molecule has 0 fully saturated rings. The van der Waals surface area contributed by atoms with Gasteiger partial charge in [0.15, 0.2) is 0 Å². The summed E-state index contributed by atoms with van der Waals surface area (Å²) in [4.78, 5) is 0. The monoisotopic (exact) mass is 668 g/mol. The molecule has 0 unspecified atom stereocenters. The quantitative estimate of drug-likeness (QED) is 0.127. The highest BCUT2D eigenvalue weighted by atomic mass is 14.5. The molecule has 0 N–H and O–H groups in total. The van der Waals surface area contributed by atoms with Gasteiger partial charge in [0.25, 0.3) is 0 Å². The van der Waals surface area contributed by atoms with Gasteiger partial charge >= 0.3 is 0 Å². The Morgan fingerprint density at radius 1 is 0.264 bits per heavy atom. The lowest BCUT2D eigenvalue weighted by molar-refractivity contribution is 0.796. The molecule has 0 saturated carbocycles. The Balaban J connectivity index is 1.27. The van der Waals surface area contributed by atoms with E-state index in [9.17, 15) is 0 Å². The molecule has 0 atom stereocenters. The highest BCUT2D eigenvalue weighted by Crippen LogP contribution is 2.66. The molecule has 1 spiro atoms. The molecule has 53 heavy (non-hydrogen) atoms. The summed E-state index contributed by atoms with van der Waals surface area (Å²) < 4.78 is 0. The third-order valence-corrected chi connectivity index (χ3v) is 12.2. The number of hydrogen-bond acceptors (Lipinski definition) is 0. The first-order valence-corrected chi connectivity index (χ1v) is 18.6. The van der Waals surface area contributed by atoms with Gasteiger partial charge in [-0.15, -0.1) is 0 Å². The van der Waals surface area contributed by atoms with Crippen molar-refractivity contribution in [1.29, 1.82) is 0 Å². The molecule has 0 aromatic heterocycles. The normalized spacial score (nSPS) is 13.4. The van der Waals surface area contributed by atoms with E-state index in [1.807, 2.05) is 0 Å². The minimum absolute atomic E-state index is 0.504. The summed E-state index contributed by atoms with van der Waals surface area (Å²) in [7, 11) is 0. The molecule has 2 aliphatic carbocycles. The molecule has 10 aromatic carbocycles. The van der Waals surface area contributed by atoms with E-state index >= 15 is 0 Å². The van der Waals surface area contributed by atoms with Crippen LogP contribution in [0.3, 0.4) is 0 Å². The third-order valence-electron chi connectivity index (χ3n) is 12.2. The van der Waals surface area contributed by atoms with Gasteiger partial charge in [0, 0.05) is 0 Å². The average molecular weight is 669 g/mol. The zero-order valence-electron chi connectivity index (χ0n) is 29.0. The fraction of sp³-hybridized carbons (Fsp3) is 0.0189. The molecule has 0 aliphatic heterocycles. The van der Waals surface area contributed by atoms with Crippen molar-refractivity contribution in [3.05, 3.63) is 216 Å². The van der Waals surface area contributed by atoms with Gasteiger partial charge in [-0.1, -0.05) is 176 Å². The van der Waals surface area contributed by atoms with Crippen molar-refractivity contribution in [2.45, 2.75) is 5.41 Å². The van der Waals surface area contributed by atoms with Crippen molar-refractivity contribution in [2.24, 2.45) is 0 Å². The van der Waals surface area contributed by atoms with E-state index in [1.165, 1.54) is 110 Å². The van der Waals surface area contributed by atoms with Crippen LogP contribution in [0.1, 0.15) is 22.3 Å². The maximum atomic E-state index is 2.56. The molecule has 2 aliphatic rings. The van der Waals surface area contributed by atoms with Crippen LogP contribution in [0.4, 0.5) is 0 Å². The van der Waals surface area contributed by atoms with E-state index in [2.05, 4.69) is 194 Å². The van der Waals surface area contributed by atoms with Crippen LogP contribution in [-0.4, -0.2) is 0 Å². The molecule has 12 rings (SSSR count). The summed E-state index contributed by atoms with van der Waals surface area (Å²) in [5.74, 6) is 0. The number of fused-ring (bicyclic) bond motifs is 16. The van der Waals surface area contributed by atoms with E-state index in [0.29, 0.717) is 0 Å². The minimum atomic E-state index is -0.504. The van der Waals surface area contributed by atoms with Gasteiger partial charge in [-0.3, -0.25) is 0 Å². The smallest absolute Gasteiger partial charge is 0.0622 e. The predicted octanol–water partition coefficient (Wildman–Crippen LogP) is 14.0. The van der Waals surface area contributed by atoms with Gasteiger partial charge in [0.2, 0.25) is 0 Å². The third kappa shape index (κ3) is 3.75. The molecular weight excluding hydrogens is 637 g/mol. The Morgan fingerprint density at radius 2 is 0.849 bits per heavy atom. The second-order valence-electron chi connectivity index (χ2n) is 14.7. The molecule has 0 amide bonds. The first kappa shape index (κ1) is 28.9. The zero-order valence-corrected chi connectivity index (χ0v) is 29.0. The Hall–Kier alpha value is -6.76. The van der Waals surface area contributed by atoms with Gasteiger partial charge in [-0.05, 0) is 128 Å². The van der Waals surface area contributed by atoms with Crippen molar-refractivity contribution >= 4 is 43.1 Å². The van der Waals surface area contributed by atoms with Crippen LogP contribution in [0.15, 0.2) is 194 Å². The molecule has 0 heteroatoms. The fourth-order valence-electron chi connectivity index (χ4n) is 10.2. The molecule has 0 heterocycles. The van der Waals surface area contributed by atoms with E-state index in [-0.39, 0.29) is 0 Å². The molecule has 244 valence electrons. The molecule has 0 nitrogen and oxygen atoms in total. The number of benzene rings is 10. The highest BCUT2D eigenvalue weighted by Gasteiger charge is 2.53. The number of rotatable bonds is 2. The van der Waals surface area contributed by atoms with Gasteiger partial charge in [0.1, 0.15) is 0 Å². The summed E-state index contributed by atoms with van der Waals surface area (Å²) in [5.41, 5.74) is 15.4. The van der Waals surface area contributed by atoms with Crippen LogP contribution >= 0.6 is 0 Å². The van der Waals surface area contributed by atoms with Gasteiger partial charge in [0.05, 0.1) is 5.41 Å². The van der Waals surface area contributed by atoms with Crippen molar-refractivity contribution in [3.63, 3.8) is 0 Å². The Labute approximate surface area is 308 Å². The highest BCUT2D eigenvalue weighted by molar-refractivity contribution is 6.20. The first-order valence-electron chi connectivity index (χ1n) is 18.6. The largest absolute Gasteiger partial charge is 0.0731 e. The van der Waals surface area contributed by atoms with E-state index in [1.54, 1.807) is 0 Å².